The highest BCUT2D eigenvalue weighted by Crippen LogP contribution is 2.16. The molecule has 0 aromatic heterocycles. The highest BCUT2D eigenvalue weighted by molar-refractivity contribution is 5.71. The summed E-state index contributed by atoms with van der Waals surface area (Å²) in [5.41, 5.74) is 0. The lowest BCUT2D eigenvalue weighted by atomic mass is 10.0. The Balaban J connectivity index is 3.97. The van der Waals surface area contributed by atoms with E-state index in [-0.39, 0.29) is 31.1 Å². The summed E-state index contributed by atoms with van der Waals surface area (Å²) >= 11 is 0. The van der Waals surface area contributed by atoms with Gasteiger partial charge in [-0.1, -0.05) is 244 Å². The molecule has 6 heteroatoms. The fourth-order valence-electron chi connectivity index (χ4n) is 7.89. The van der Waals surface area contributed by atoms with Crippen LogP contribution in [0.2, 0.25) is 0 Å². The highest BCUT2D eigenvalue weighted by Gasteiger charge is 2.19. The van der Waals surface area contributed by atoms with Crippen molar-refractivity contribution in [1.82, 2.24) is 0 Å². The van der Waals surface area contributed by atoms with Crippen molar-refractivity contribution in [2.75, 3.05) is 13.2 Å². The fraction of sp³-hybridized carbons (Fsp3) is 0.873. The summed E-state index contributed by atoms with van der Waals surface area (Å²) in [5, 5.41) is 0. The Morgan fingerprint density at radius 3 is 0.902 bits per heavy atom. The van der Waals surface area contributed by atoms with Gasteiger partial charge in [0.25, 0.3) is 0 Å². The lowest BCUT2D eigenvalue weighted by molar-refractivity contribution is -0.167. The van der Waals surface area contributed by atoms with Crippen molar-refractivity contribution in [3.05, 3.63) is 24.3 Å². The molecule has 0 amide bonds. The third kappa shape index (κ3) is 48.8. The van der Waals surface area contributed by atoms with Gasteiger partial charge in [0.05, 0.1) is 0 Å². The molecule has 0 aromatic rings. The van der Waals surface area contributed by atoms with Crippen LogP contribution in [-0.4, -0.2) is 37.2 Å². The van der Waals surface area contributed by atoms with Gasteiger partial charge in [0.15, 0.2) is 6.10 Å². The van der Waals surface area contributed by atoms with Crippen LogP contribution in [0.4, 0.5) is 0 Å². The zero-order valence-corrected chi connectivity index (χ0v) is 40.9. The van der Waals surface area contributed by atoms with E-state index in [0.717, 1.165) is 64.2 Å². The van der Waals surface area contributed by atoms with Crippen molar-refractivity contribution in [2.24, 2.45) is 0 Å². The van der Waals surface area contributed by atoms with Crippen molar-refractivity contribution < 1.29 is 28.6 Å². The molecule has 61 heavy (non-hydrogen) atoms. The second kappa shape index (κ2) is 50.5. The predicted octanol–water partition coefficient (Wildman–Crippen LogP) is 17.5. The normalized spacial score (nSPS) is 12.1. The molecule has 0 heterocycles. The third-order valence-corrected chi connectivity index (χ3v) is 12.0. The number of esters is 3. The monoisotopic (exact) mass is 859 g/mol. The van der Waals surface area contributed by atoms with E-state index in [0.29, 0.717) is 19.3 Å². The minimum atomic E-state index is -0.761. The van der Waals surface area contributed by atoms with Gasteiger partial charge in [-0.15, -0.1) is 0 Å². The number of ether oxygens (including phenoxy) is 3. The topological polar surface area (TPSA) is 78.9 Å². The molecule has 0 aromatic carbocycles. The molecule has 6 nitrogen and oxygen atoms in total. The van der Waals surface area contributed by atoms with Crippen molar-refractivity contribution in [2.45, 2.75) is 297 Å². The van der Waals surface area contributed by atoms with Gasteiger partial charge < -0.3 is 14.2 Å². The van der Waals surface area contributed by atoms with Crippen molar-refractivity contribution in [3.8, 4) is 0 Å². The van der Waals surface area contributed by atoms with Crippen LogP contribution in [0.25, 0.3) is 0 Å². The number of hydrogen-bond donors (Lipinski definition) is 0. The van der Waals surface area contributed by atoms with Crippen molar-refractivity contribution in [3.63, 3.8) is 0 Å². The average Bonchev–Trinajstić information content (AvgIpc) is 3.26. The number of allylic oxidation sites excluding steroid dienone is 4. The quantitative estimate of drug-likeness (QED) is 0.0262. The van der Waals surface area contributed by atoms with E-state index in [4.69, 9.17) is 14.2 Å². The van der Waals surface area contributed by atoms with Gasteiger partial charge in [-0.25, -0.2) is 0 Å². The Hall–Kier alpha value is -2.11. The van der Waals surface area contributed by atoms with Gasteiger partial charge in [0, 0.05) is 19.3 Å². The first-order chi connectivity index (χ1) is 30.0. The summed E-state index contributed by atoms with van der Waals surface area (Å²) < 4.78 is 16.7. The molecule has 1 atom stereocenters. The first-order valence-corrected chi connectivity index (χ1v) is 26.8. The molecule has 0 bridgehead atoms. The molecule has 0 saturated carbocycles. The lowest BCUT2D eigenvalue weighted by Crippen LogP contribution is -2.30. The second-order valence-corrected chi connectivity index (χ2v) is 18.2. The Labute approximate surface area is 379 Å². The molecule has 0 spiro atoms. The van der Waals surface area contributed by atoms with Crippen molar-refractivity contribution in [1.29, 1.82) is 0 Å². The van der Waals surface area contributed by atoms with Crippen LogP contribution in [0.5, 0.6) is 0 Å². The van der Waals surface area contributed by atoms with Crippen LogP contribution in [-0.2, 0) is 28.6 Å². The Morgan fingerprint density at radius 1 is 0.328 bits per heavy atom. The fourth-order valence-corrected chi connectivity index (χ4v) is 7.89. The van der Waals surface area contributed by atoms with Crippen LogP contribution < -0.4 is 0 Å². The molecule has 0 fully saturated rings. The van der Waals surface area contributed by atoms with Crippen LogP contribution in [0.1, 0.15) is 290 Å². The molecule has 0 rings (SSSR count). The van der Waals surface area contributed by atoms with Crippen LogP contribution >= 0.6 is 0 Å². The molecule has 0 saturated heterocycles. The minimum absolute atomic E-state index is 0.0669. The number of carbonyl (C=O) groups excluding carboxylic acids is 3. The summed E-state index contributed by atoms with van der Waals surface area (Å²) in [6, 6.07) is 0. The summed E-state index contributed by atoms with van der Waals surface area (Å²) in [6.45, 7) is 6.58. The standard InChI is InChI=1S/C55H102O6/c1-4-7-10-13-16-18-20-21-22-23-24-25-26-27-28-29-30-31-32-33-34-35-36-38-39-42-45-48-54(57)60-51-52(50-59-53(56)47-44-41-15-12-9-6-3)61-55(58)49-46-43-40-37-19-17-14-11-8-5-2/h20-21,23-24,52H,4-19,22,25-51H2,1-3H3/b21-20-,24-23-. The zero-order valence-electron chi connectivity index (χ0n) is 40.9. The van der Waals surface area contributed by atoms with E-state index >= 15 is 0 Å². The molecule has 1 unspecified atom stereocenters. The summed E-state index contributed by atoms with van der Waals surface area (Å²) in [7, 11) is 0. The van der Waals surface area contributed by atoms with Gasteiger partial charge in [-0.2, -0.15) is 0 Å². The summed E-state index contributed by atoms with van der Waals surface area (Å²) in [6.07, 6.45) is 57.8. The predicted molar refractivity (Wildman–Crippen MR) is 261 cm³/mol. The average molecular weight is 859 g/mol. The Bertz CT molecular complexity index is 989. The van der Waals surface area contributed by atoms with Gasteiger partial charge in [-0.05, 0) is 51.4 Å². The number of unbranched alkanes of at least 4 members (excludes halogenated alkanes) is 34. The molecular formula is C55H102O6. The largest absolute Gasteiger partial charge is 0.462 e. The van der Waals surface area contributed by atoms with Gasteiger partial charge in [0.2, 0.25) is 0 Å². The van der Waals surface area contributed by atoms with Crippen LogP contribution in [0.3, 0.4) is 0 Å². The number of carbonyl (C=O) groups is 3. The molecule has 0 N–H and O–H groups in total. The van der Waals surface area contributed by atoms with Gasteiger partial charge in [0.1, 0.15) is 13.2 Å². The van der Waals surface area contributed by atoms with E-state index in [1.165, 1.54) is 186 Å². The summed E-state index contributed by atoms with van der Waals surface area (Å²) in [5.74, 6) is -0.867. The molecular weight excluding hydrogens is 757 g/mol. The first kappa shape index (κ1) is 58.9. The maximum absolute atomic E-state index is 12.7. The maximum Gasteiger partial charge on any atom is 0.306 e. The van der Waals surface area contributed by atoms with E-state index in [9.17, 15) is 14.4 Å². The second-order valence-electron chi connectivity index (χ2n) is 18.2. The van der Waals surface area contributed by atoms with Gasteiger partial charge >= 0.3 is 17.9 Å². The van der Waals surface area contributed by atoms with Crippen molar-refractivity contribution >= 4 is 17.9 Å². The van der Waals surface area contributed by atoms with Crippen LogP contribution in [0, 0.1) is 0 Å². The molecule has 358 valence electrons. The lowest BCUT2D eigenvalue weighted by Gasteiger charge is -2.18. The smallest absolute Gasteiger partial charge is 0.306 e. The zero-order chi connectivity index (χ0) is 44.4. The third-order valence-electron chi connectivity index (χ3n) is 12.0. The Morgan fingerprint density at radius 2 is 0.590 bits per heavy atom. The van der Waals surface area contributed by atoms with E-state index in [1.54, 1.807) is 0 Å². The molecule has 0 radical (unpaired) electrons. The Kier molecular flexibility index (Phi) is 48.8. The van der Waals surface area contributed by atoms with Crippen LogP contribution in [0.15, 0.2) is 24.3 Å². The molecule has 0 aliphatic carbocycles. The maximum atomic E-state index is 12.7. The minimum Gasteiger partial charge on any atom is -0.462 e. The van der Waals surface area contributed by atoms with E-state index in [1.807, 2.05) is 0 Å². The van der Waals surface area contributed by atoms with E-state index < -0.39 is 6.10 Å². The molecule has 0 aliphatic rings. The van der Waals surface area contributed by atoms with Gasteiger partial charge in [-0.3, -0.25) is 14.4 Å². The first-order valence-electron chi connectivity index (χ1n) is 26.8. The van der Waals surface area contributed by atoms with E-state index in [2.05, 4.69) is 45.1 Å². The summed E-state index contributed by atoms with van der Waals surface area (Å²) in [4.78, 5) is 37.6. The SMILES string of the molecule is CCCCCCC/C=C\C/C=C\CCCCCCCCCCCCCCCCCC(=O)OCC(COC(=O)CCCCCCCC)OC(=O)CCCCCCCCCCCC. The highest BCUT2D eigenvalue weighted by atomic mass is 16.6. The molecule has 0 aliphatic heterocycles. The number of rotatable bonds is 49. The number of hydrogen-bond acceptors (Lipinski definition) is 6.